The van der Waals surface area contributed by atoms with Crippen LogP contribution in [0.3, 0.4) is 0 Å². The highest BCUT2D eigenvalue weighted by molar-refractivity contribution is 6.32. The minimum absolute atomic E-state index is 0.0353. The van der Waals surface area contributed by atoms with Gasteiger partial charge in [-0.3, -0.25) is 4.79 Å². The van der Waals surface area contributed by atoms with Crippen molar-refractivity contribution in [3.8, 4) is 5.75 Å². The van der Waals surface area contributed by atoms with Crippen LogP contribution in [0.15, 0.2) is 48.5 Å². The molecular formula is C14H12ClNO3. The molecule has 0 aromatic heterocycles. The predicted octanol–water partition coefficient (Wildman–Crippen LogP) is 1.77. The third-order valence-corrected chi connectivity index (χ3v) is 3.22. The van der Waals surface area contributed by atoms with Crippen LogP contribution >= 0.6 is 11.6 Å². The van der Waals surface area contributed by atoms with E-state index in [4.69, 9.17) is 17.3 Å². The largest absolute Gasteiger partial charge is 0.506 e. The second-order valence-electron chi connectivity index (χ2n) is 4.11. The predicted molar refractivity (Wildman–Crippen MR) is 71.8 cm³/mol. The zero-order valence-corrected chi connectivity index (χ0v) is 10.6. The van der Waals surface area contributed by atoms with E-state index >= 15 is 0 Å². The second kappa shape index (κ2) is 4.91. The third-order valence-electron chi connectivity index (χ3n) is 2.91. The molecule has 0 radical (unpaired) electrons. The van der Waals surface area contributed by atoms with Crippen molar-refractivity contribution in [3.05, 3.63) is 64.7 Å². The lowest BCUT2D eigenvalue weighted by Crippen LogP contribution is -2.42. The molecule has 0 aliphatic carbocycles. The number of primary amides is 1. The molecular weight excluding hydrogens is 266 g/mol. The van der Waals surface area contributed by atoms with E-state index in [0.29, 0.717) is 5.56 Å². The van der Waals surface area contributed by atoms with E-state index in [1.54, 1.807) is 30.3 Å². The second-order valence-corrected chi connectivity index (χ2v) is 4.51. The van der Waals surface area contributed by atoms with Crippen molar-refractivity contribution in [2.24, 2.45) is 5.73 Å². The Morgan fingerprint density at radius 1 is 1.11 bits per heavy atom. The molecule has 1 atom stereocenters. The van der Waals surface area contributed by atoms with E-state index in [2.05, 4.69) is 0 Å². The highest BCUT2D eigenvalue weighted by atomic mass is 35.5. The van der Waals surface area contributed by atoms with Gasteiger partial charge in [0, 0.05) is 0 Å². The number of amides is 1. The van der Waals surface area contributed by atoms with Gasteiger partial charge in [-0.1, -0.05) is 48.0 Å². The molecule has 19 heavy (non-hydrogen) atoms. The number of benzene rings is 2. The van der Waals surface area contributed by atoms with Gasteiger partial charge in [0.15, 0.2) is 5.60 Å². The van der Waals surface area contributed by atoms with Crippen molar-refractivity contribution in [2.75, 3.05) is 0 Å². The first-order chi connectivity index (χ1) is 8.96. The molecule has 5 heteroatoms. The summed E-state index contributed by atoms with van der Waals surface area (Å²) in [5, 5.41) is 20.1. The number of hydrogen-bond donors (Lipinski definition) is 3. The number of carbonyl (C=O) groups is 1. The molecule has 2 rings (SSSR count). The van der Waals surface area contributed by atoms with Crippen LogP contribution in [-0.4, -0.2) is 16.1 Å². The average Bonchev–Trinajstić information content (AvgIpc) is 2.41. The maximum Gasteiger partial charge on any atom is 0.258 e. The molecule has 0 spiro atoms. The van der Waals surface area contributed by atoms with E-state index in [-0.39, 0.29) is 16.3 Å². The SMILES string of the molecule is NC(=O)C(O)(c1ccccc1)c1ccc(O)c(Cl)c1. The Morgan fingerprint density at radius 3 is 2.26 bits per heavy atom. The fourth-order valence-corrected chi connectivity index (χ4v) is 2.04. The van der Waals surface area contributed by atoms with Gasteiger partial charge in [-0.05, 0) is 23.3 Å². The normalized spacial score (nSPS) is 13.8. The summed E-state index contributed by atoms with van der Waals surface area (Å²) in [7, 11) is 0. The first kappa shape index (κ1) is 13.4. The summed E-state index contributed by atoms with van der Waals surface area (Å²) >= 11 is 5.80. The molecule has 0 fully saturated rings. The Balaban J connectivity index is 2.63. The molecule has 4 N–H and O–H groups in total. The van der Waals surface area contributed by atoms with E-state index in [9.17, 15) is 15.0 Å². The molecule has 0 aliphatic heterocycles. The van der Waals surface area contributed by atoms with Crippen molar-refractivity contribution >= 4 is 17.5 Å². The van der Waals surface area contributed by atoms with Crippen molar-refractivity contribution in [1.29, 1.82) is 0 Å². The number of rotatable bonds is 3. The molecule has 98 valence electrons. The third kappa shape index (κ3) is 2.28. The Kier molecular flexibility index (Phi) is 3.46. The Bertz CT molecular complexity index is 615. The van der Waals surface area contributed by atoms with Gasteiger partial charge in [0.1, 0.15) is 5.75 Å². The summed E-state index contributed by atoms with van der Waals surface area (Å²) in [5.74, 6) is -1.05. The van der Waals surface area contributed by atoms with Gasteiger partial charge in [-0.25, -0.2) is 0 Å². The van der Waals surface area contributed by atoms with Gasteiger partial charge in [0.05, 0.1) is 5.02 Å². The summed E-state index contributed by atoms with van der Waals surface area (Å²) in [4.78, 5) is 11.7. The van der Waals surface area contributed by atoms with E-state index in [1.165, 1.54) is 18.2 Å². The molecule has 0 saturated heterocycles. The van der Waals surface area contributed by atoms with Gasteiger partial charge in [0.2, 0.25) is 0 Å². The van der Waals surface area contributed by atoms with Crippen molar-refractivity contribution in [3.63, 3.8) is 0 Å². The maximum absolute atomic E-state index is 11.7. The first-order valence-corrected chi connectivity index (χ1v) is 5.91. The van der Waals surface area contributed by atoms with Crippen LogP contribution in [0, 0.1) is 0 Å². The zero-order chi connectivity index (χ0) is 14.0. The summed E-state index contributed by atoms with van der Waals surface area (Å²) in [5.41, 5.74) is 3.88. The Morgan fingerprint density at radius 2 is 1.74 bits per heavy atom. The van der Waals surface area contributed by atoms with Gasteiger partial charge in [-0.15, -0.1) is 0 Å². The quantitative estimate of drug-likeness (QED) is 0.799. The molecule has 2 aromatic rings. The number of phenols is 1. The van der Waals surface area contributed by atoms with Crippen molar-refractivity contribution in [2.45, 2.75) is 5.60 Å². The van der Waals surface area contributed by atoms with E-state index in [0.717, 1.165) is 0 Å². The summed E-state index contributed by atoms with van der Waals surface area (Å²) in [6, 6.07) is 12.3. The summed E-state index contributed by atoms with van der Waals surface area (Å²) < 4.78 is 0. The fourth-order valence-electron chi connectivity index (χ4n) is 1.86. The van der Waals surface area contributed by atoms with Crippen LogP contribution in [0.2, 0.25) is 5.02 Å². The van der Waals surface area contributed by atoms with Crippen LogP contribution in [0.25, 0.3) is 0 Å². The number of nitrogens with two attached hydrogens (primary N) is 1. The molecule has 2 aromatic carbocycles. The molecule has 1 unspecified atom stereocenters. The molecule has 0 heterocycles. The van der Waals surface area contributed by atoms with E-state index in [1.807, 2.05) is 0 Å². The zero-order valence-electron chi connectivity index (χ0n) is 9.88. The number of halogens is 1. The van der Waals surface area contributed by atoms with Crippen molar-refractivity contribution < 1.29 is 15.0 Å². The molecule has 1 amide bonds. The van der Waals surface area contributed by atoms with Gasteiger partial charge in [0.25, 0.3) is 5.91 Å². The number of aromatic hydroxyl groups is 1. The van der Waals surface area contributed by atoms with Gasteiger partial charge in [-0.2, -0.15) is 0 Å². The average molecular weight is 278 g/mol. The lowest BCUT2D eigenvalue weighted by molar-refractivity contribution is -0.133. The summed E-state index contributed by atoms with van der Waals surface area (Å²) in [6.07, 6.45) is 0. The number of carbonyl (C=O) groups excluding carboxylic acids is 1. The van der Waals surface area contributed by atoms with Gasteiger partial charge < -0.3 is 15.9 Å². The Hall–Kier alpha value is -2.04. The molecule has 4 nitrogen and oxygen atoms in total. The van der Waals surface area contributed by atoms with Crippen LogP contribution in [0.5, 0.6) is 5.75 Å². The minimum Gasteiger partial charge on any atom is -0.506 e. The lowest BCUT2D eigenvalue weighted by atomic mass is 9.85. The summed E-state index contributed by atoms with van der Waals surface area (Å²) in [6.45, 7) is 0. The fraction of sp³-hybridized carbons (Fsp3) is 0.0714. The minimum atomic E-state index is -1.99. The van der Waals surface area contributed by atoms with Gasteiger partial charge >= 0.3 is 0 Å². The van der Waals surface area contributed by atoms with Crippen LogP contribution in [-0.2, 0) is 10.4 Å². The van der Waals surface area contributed by atoms with Crippen LogP contribution < -0.4 is 5.73 Å². The smallest absolute Gasteiger partial charge is 0.258 e. The standard InChI is InChI=1S/C14H12ClNO3/c15-11-8-10(6-7-12(11)17)14(19,13(16)18)9-4-2-1-3-5-9/h1-8,17,19H,(H2,16,18). The number of phenolic OH excluding ortho intramolecular Hbond substituents is 1. The first-order valence-electron chi connectivity index (χ1n) is 5.53. The number of hydrogen-bond acceptors (Lipinski definition) is 3. The Labute approximate surface area is 115 Å². The van der Waals surface area contributed by atoms with Crippen LogP contribution in [0.4, 0.5) is 0 Å². The number of aliphatic hydroxyl groups is 1. The topological polar surface area (TPSA) is 83.6 Å². The van der Waals surface area contributed by atoms with Crippen molar-refractivity contribution in [1.82, 2.24) is 0 Å². The molecule has 0 aliphatic rings. The molecule has 0 bridgehead atoms. The maximum atomic E-state index is 11.7. The highest BCUT2D eigenvalue weighted by Crippen LogP contribution is 2.33. The monoisotopic (exact) mass is 277 g/mol. The van der Waals surface area contributed by atoms with E-state index < -0.39 is 11.5 Å². The highest BCUT2D eigenvalue weighted by Gasteiger charge is 2.38. The molecule has 0 saturated carbocycles. The van der Waals surface area contributed by atoms with Crippen LogP contribution in [0.1, 0.15) is 11.1 Å². The lowest BCUT2D eigenvalue weighted by Gasteiger charge is -2.26.